The molecule has 0 amide bonds. The maximum Gasteiger partial charge on any atom is 0.139 e. The lowest BCUT2D eigenvalue weighted by molar-refractivity contribution is 0.316. The van der Waals surface area contributed by atoms with Crippen molar-refractivity contribution in [3.05, 3.63) is 29.8 Å². The van der Waals surface area contributed by atoms with Crippen LogP contribution in [0.15, 0.2) is 29.4 Å². The van der Waals surface area contributed by atoms with Gasteiger partial charge in [-0.1, -0.05) is 31.1 Å². The standard InChI is InChI=1S/C14H23N3O/c1-11(2)12-6-8-13(9-7-12)16-10-4-3-5-14(15)17-18/h6-9,11,16,18H,3-5,10H2,1-2H3,(H2,15,17). The zero-order chi connectivity index (χ0) is 13.4. The highest BCUT2D eigenvalue weighted by molar-refractivity contribution is 5.79. The molecular weight excluding hydrogens is 226 g/mol. The monoisotopic (exact) mass is 249 g/mol. The summed E-state index contributed by atoms with van der Waals surface area (Å²) in [6, 6.07) is 8.53. The second-order valence-electron chi connectivity index (χ2n) is 4.75. The number of amidine groups is 1. The molecule has 1 aromatic carbocycles. The summed E-state index contributed by atoms with van der Waals surface area (Å²) >= 11 is 0. The highest BCUT2D eigenvalue weighted by atomic mass is 16.4. The normalized spacial score (nSPS) is 11.8. The van der Waals surface area contributed by atoms with Gasteiger partial charge in [0.2, 0.25) is 0 Å². The van der Waals surface area contributed by atoms with Crippen molar-refractivity contribution in [1.29, 1.82) is 0 Å². The first-order valence-corrected chi connectivity index (χ1v) is 6.43. The fraction of sp³-hybridized carbons (Fsp3) is 0.500. The molecule has 0 aliphatic carbocycles. The van der Waals surface area contributed by atoms with E-state index in [1.54, 1.807) is 0 Å². The molecule has 4 N–H and O–H groups in total. The molecule has 0 saturated heterocycles. The van der Waals surface area contributed by atoms with Gasteiger partial charge in [0.05, 0.1) is 0 Å². The third kappa shape index (κ3) is 5.08. The van der Waals surface area contributed by atoms with Gasteiger partial charge in [0.15, 0.2) is 0 Å². The third-order valence-electron chi connectivity index (χ3n) is 2.89. The molecule has 0 aromatic heterocycles. The van der Waals surface area contributed by atoms with Gasteiger partial charge in [-0.05, 0) is 36.5 Å². The van der Waals surface area contributed by atoms with Crippen LogP contribution in [-0.4, -0.2) is 17.6 Å². The van der Waals surface area contributed by atoms with Gasteiger partial charge in [0.25, 0.3) is 0 Å². The minimum Gasteiger partial charge on any atom is -0.409 e. The molecule has 100 valence electrons. The number of rotatable bonds is 7. The zero-order valence-electron chi connectivity index (χ0n) is 11.2. The Morgan fingerprint density at radius 3 is 2.50 bits per heavy atom. The topological polar surface area (TPSA) is 70.6 Å². The van der Waals surface area contributed by atoms with Crippen molar-refractivity contribution in [3.63, 3.8) is 0 Å². The van der Waals surface area contributed by atoms with Crippen LogP contribution >= 0.6 is 0 Å². The number of nitrogens with zero attached hydrogens (tertiary/aromatic N) is 1. The van der Waals surface area contributed by atoms with Crippen LogP contribution in [0.5, 0.6) is 0 Å². The molecule has 4 heteroatoms. The maximum atomic E-state index is 8.39. The van der Waals surface area contributed by atoms with E-state index in [9.17, 15) is 0 Å². The first kappa shape index (κ1) is 14.4. The number of unbranched alkanes of at least 4 members (excludes halogenated alkanes) is 1. The number of benzene rings is 1. The SMILES string of the molecule is CC(C)c1ccc(NCCCCC(N)=NO)cc1. The van der Waals surface area contributed by atoms with Crippen LogP contribution in [0, 0.1) is 0 Å². The molecule has 0 aliphatic rings. The molecule has 0 heterocycles. The summed E-state index contributed by atoms with van der Waals surface area (Å²) in [4.78, 5) is 0. The van der Waals surface area contributed by atoms with Crippen molar-refractivity contribution >= 4 is 11.5 Å². The van der Waals surface area contributed by atoms with E-state index < -0.39 is 0 Å². The Kier molecular flexibility index (Phi) is 6.05. The number of nitrogens with one attached hydrogen (secondary N) is 1. The second kappa shape index (κ2) is 7.58. The van der Waals surface area contributed by atoms with Crippen molar-refractivity contribution in [2.45, 2.75) is 39.0 Å². The largest absolute Gasteiger partial charge is 0.409 e. The number of hydrogen-bond acceptors (Lipinski definition) is 3. The molecule has 0 spiro atoms. The Labute approximate surface area is 109 Å². The van der Waals surface area contributed by atoms with E-state index in [1.165, 1.54) is 5.56 Å². The van der Waals surface area contributed by atoms with Gasteiger partial charge in [-0.25, -0.2) is 0 Å². The number of oxime groups is 1. The van der Waals surface area contributed by atoms with E-state index in [0.29, 0.717) is 18.2 Å². The molecule has 0 aliphatic heterocycles. The Morgan fingerprint density at radius 1 is 1.28 bits per heavy atom. The van der Waals surface area contributed by atoms with Gasteiger partial charge < -0.3 is 16.3 Å². The van der Waals surface area contributed by atoms with Crippen LogP contribution in [0.3, 0.4) is 0 Å². The molecule has 0 bridgehead atoms. The molecule has 18 heavy (non-hydrogen) atoms. The fourth-order valence-corrected chi connectivity index (χ4v) is 1.70. The van der Waals surface area contributed by atoms with Crippen molar-refractivity contribution in [2.24, 2.45) is 10.9 Å². The van der Waals surface area contributed by atoms with Crippen LogP contribution in [0.25, 0.3) is 0 Å². The van der Waals surface area contributed by atoms with Crippen LogP contribution in [0.2, 0.25) is 0 Å². The van der Waals surface area contributed by atoms with Crippen molar-refractivity contribution in [1.82, 2.24) is 0 Å². The smallest absolute Gasteiger partial charge is 0.139 e. The molecule has 0 saturated carbocycles. The van der Waals surface area contributed by atoms with E-state index >= 15 is 0 Å². The molecule has 1 aromatic rings. The predicted octanol–water partition coefficient (Wildman–Crippen LogP) is 3.14. The summed E-state index contributed by atoms with van der Waals surface area (Å²) in [5, 5.41) is 14.7. The van der Waals surface area contributed by atoms with E-state index in [2.05, 4.69) is 48.6 Å². The van der Waals surface area contributed by atoms with Crippen LogP contribution in [-0.2, 0) is 0 Å². The Balaban J connectivity index is 2.23. The van der Waals surface area contributed by atoms with E-state index in [0.717, 1.165) is 25.1 Å². The number of hydrogen-bond donors (Lipinski definition) is 3. The van der Waals surface area contributed by atoms with Gasteiger partial charge in [0.1, 0.15) is 5.84 Å². The molecular formula is C14H23N3O. The first-order chi connectivity index (χ1) is 8.63. The second-order valence-corrected chi connectivity index (χ2v) is 4.75. The van der Waals surface area contributed by atoms with Gasteiger partial charge in [0, 0.05) is 18.7 Å². The lowest BCUT2D eigenvalue weighted by Crippen LogP contribution is -2.11. The minimum atomic E-state index is 0.302. The minimum absolute atomic E-state index is 0.302. The van der Waals surface area contributed by atoms with Gasteiger partial charge in [-0.15, -0.1) is 0 Å². The molecule has 0 fully saturated rings. The van der Waals surface area contributed by atoms with Gasteiger partial charge in [-0.3, -0.25) is 0 Å². The fourth-order valence-electron chi connectivity index (χ4n) is 1.70. The van der Waals surface area contributed by atoms with E-state index in [-0.39, 0.29) is 0 Å². The molecule has 0 unspecified atom stereocenters. The summed E-state index contributed by atoms with van der Waals surface area (Å²) in [5.41, 5.74) is 7.89. The van der Waals surface area contributed by atoms with Crippen molar-refractivity contribution < 1.29 is 5.21 Å². The van der Waals surface area contributed by atoms with E-state index in [1.807, 2.05) is 0 Å². The predicted molar refractivity (Wildman–Crippen MR) is 76.3 cm³/mol. The molecule has 0 atom stereocenters. The van der Waals surface area contributed by atoms with Crippen LogP contribution < -0.4 is 11.1 Å². The Morgan fingerprint density at radius 2 is 1.94 bits per heavy atom. The van der Waals surface area contributed by atoms with Crippen LogP contribution in [0.4, 0.5) is 5.69 Å². The summed E-state index contributed by atoms with van der Waals surface area (Å²) in [5.74, 6) is 0.871. The lowest BCUT2D eigenvalue weighted by atomic mass is 10.0. The lowest BCUT2D eigenvalue weighted by Gasteiger charge is -2.09. The summed E-state index contributed by atoms with van der Waals surface area (Å²) in [6.07, 6.45) is 2.57. The number of anilines is 1. The molecule has 0 radical (unpaired) electrons. The first-order valence-electron chi connectivity index (χ1n) is 6.43. The highest BCUT2D eigenvalue weighted by Crippen LogP contribution is 2.17. The average molecular weight is 249 g/mol. The quantitative estimate of drug-likeness (QED) is 0.228. The summed E-state index contributed by atoms with van der Waals surface area (Å²) < 4.78 is 0. The summed E-state index contributed by atoms with van der Waals surface area (Å²) in [6.45, 7) is 5.28. The third-order valence-corrected chi connectivity index (χ3v) is 2.89. The van der Waals surface area contributed by atoms with E-state index in [4.69, 9.17) is 10.9 Å². The Bertz CT molecular complexity index is 371. The number of nitrogens with two attached hydrogens (primary N) is 1. The average Bonchev–Trinajstić information content (AvgIpc) is 2.38. The van der Waals surface area contributed by atoms with Gasteiger partial charge >= 0.3 is 0 Å². The maximum absolute atomic E-state index is 8.39. The zero-order valence-corrected chi connectivity index (χ0v) is 11.2. The van der Waals surface area contributed by atoms with Crippen molar-refractivity contribution in [2.75, 3.05) is 11.9 Å². The van der Waals surface area contributed by atoms with Gasteiger partial charge in [-0.2, -0.15) is 0 Å². The van der Waals surface area contributed by atoms with Crippen LogP contribution in [0.1, 0.15) is 44.6 Å². The van der Waals surface area contributed by atoms with Crippen molar-refractivity contribution in [3.8, 4) is 0 Å². The molecule has 4 nitrogen and oxygen atoms in total. The summed E-state index contributed by atoms with van der Waals surface area (Å²) in [7, 11) is 0. The Hall–Kier alpha value is -1.71. The molecule has 1 rings (SSSR count). The highest BCUT2D eigenvalue weighted by Gasteiger charge is 1.98.